The molecule has 0 unspecified atom stereocenters. The van der Waals surface area contributed by atoms with Crippen LogP contribution in [0, 0.1) is 0 Å². The van der Waals surface area contributed by atoms with Gasteiger partial charge >= 0.3 is 0 Å². The maximum Gasteiger partial charge on any atom is 0.235 e. The number of fused-ring (bicyclic) bond motifs is 1. The van der Waals surface area contributed by atoms with Gasteiger partial charge in [0.2, 0.25) is 16.9 Å². The van der Waals surface area contributed by atoms with Gasteiger partial charge in [-0.3, -0.25) is 4.79 Å². The summed E-state index contributed by atoms with van der Waals surface area (Å²) in [6, 6.07) is 11.0. The van der Waals surface area contributed by atoms with E-state index in [0.29, 0.717) is 5.56 Å². The molecule has 0 saturated carbocycles. The van der Waals surface area contributed by atoms with E-state index in [-0.39, 0.29) is 16.7 Å². The van der Waals surface area contributed by atoms with Crippen molar-refractivity contribution < 1.29 is 19.7 Å². The molecule has 1 heterocycles. The smallest absolute Gasteiger partial charge is 0.235 e. The lowest BCUT2D eigenvalue weighted by molar-refractivity contribution is 0.397. The van der Waals surface area contributed by atoms with Crippen LogP contribution in [0.3, 0.4) is 0 Å². The van der Waals surface area contributed by atoms with E-state index >= 15 is 0 Å². The van der Waals surface area contributed by atoms with Crippen LogP contribution in [0.5, 0.6) is 17.2 Å². The Hall–Kier alpha value is -2.95. The third-order valence-electron chi connectivity index (χ3n) is 3.03. The molecule has 0 radical (unpaired) electrons. The highest BCUT2D eigenvalue weighted by atomic mass is 16.4. The van der Waals surface area contributed by atoms with Gasteiger partial charge in [-0.1, -0.05) is 30.3 Å². The van der Waals surface area contributed by atoms with Gasteiger partial charge in [0, 0.05) is 5.56 Å². The zero-order chi connectivity index (χ0) is 14.3. The molecule has 2 aromatic carbocycles. The number of aromatic hydroxyl groups is 3. The first kappa shape index (κ1) is 12.1. The van der Waals surface area contributed by atoms with Gasteiger partial charge in [0.25, 0.3) is 0 Å². The fourth-order valence-electron chi connectivity index (χ4n) is 2.01. The molecule has 0 aliphatic rings. The molecule has 3 aromatic rings. The van der Waals surface area contributed by atoms with E-state index in [1.807, 2.05) is 0 Å². The van der Waals surface area contributed by atoms with Crippen LogP contribution in [0.15, 0.2) is 51.7 Å². The van der Waals surface area contributed by atoms with Crippen molar-refractivity contribution in [3.8, 4) is 28.6 Å². The number of hydrogen-bond donors (Lipinski definition) is 3. The minimum absolute atomic E-state index is 0.00233. The van der Waals surface area contributed by atoms with E-state index in [4.69, 9.17) is 4.42 Å². The predicted octanol–water partition coefficient (Wildman–Crippen LogP) is 2.58. The van der Waals surface area contributed by atoms with E-state index in [1.54, 1.807) is 30.3 Å². The van der Waals surface area contributed by atoms with Crippen molar-refractivity contribution in [2.75, 3.05) is 0 Å². The molecule has 1 aromatic heterocycles. The summed E-state index contributed by atoms with van der Waals surface area (Å²) in [6.45, 7) is 0. The number of benzene rings is 2. The molecule has 0 amide bonds. The van der Waals surface area contributed by atoms with Crippen molar-refractivity contribution in [2.45, 2.75) is 0 Å². The number of hydrogen-bond acceptors (Lipinski definition) is 5. The Kier molecular flexibility index (Phi) is 2.61. The van der Waals surface area contributed by atoms with E-state index in [9.17, 15) is 20.1 Å². The van der Waals surface area contributed by atoms with Crippen LogP contribution in [-0.2, 0) is 0 Å². The molecule has 0 bridgehead atoms. The first-order valence-electron chi connectivity index (χ1n) is 5.85. The lowest BCUT2D eigenvalue weighted by Gasteiger charge is -2.07. The second-order valence-corrected chi connectivity index (χ2v) is 4.28. The van der Waals surface area contributed by atoms with Crippen molar-refractivity contribution in [2.24, 2.45) is 0 Å². The molecule has 0 fully saturated rings. The Morgan fingerprint density at radius 2 is 1.55 bits per heavy atom. The van der Waals surface area contributed by atoms with Gasteiger partial charge in [-0.05, 0) is 12.1 Å². The second kappa shape index (κ2) is 4.31. The summed E-state index contributed by atoms with van der Waals surface area (Å²) in [6.07, 6.45) is 0. The Balaban J connectivity index is 2.44. The first-order valence-corrected chi connectivity index (χ1v) is 5.85. The molecular weight excluding hydrogens is 260 g/mol. The van der Waals surface area contributed by atoms with Crippen LogP contribution in [0.2, 0.25) is 0 Å². The van der Waals surface area contributed by atoms with Crippen LogP contribution in [0.4, 0.5) is 0 Å². The summed E-state index contributed by atoms with van der Waals surface area (Å²) in [5.74, 6) is -1.51. The van der Waals surface area contributed by atoms with Gasteiger partial charge in [0.05, 0.1) is 5.39 Å². The minimum atomic E-state index is -0.666. The molecule has 20 heavy (non-hydrogen) atoms. The van der Waals surface area contributed by atoms with Gasteiger partial charge in [-0.25, -0.2) is 0 Å². The predicted molar refractivity (Wildman–Crippen MR) is 72.9 cm³/mol. The Morgan fingerprint density at radius 1 is 0.850 bits per heavy atom. The van der Waals surface area contributed by atoms with E-state index in [0.717, 1.165) is 6.07 Å². The largest absolute Gasteiger partial charge is 0.504 e. The van der Waals surface area contributed by atoms with Crippen molar-refractivity contribution in [1.82, 2.24) is 0 Å². The molecule has 0 atom stereocenters. The monoisotopic (exact) mass is 270 g/mol. The Morgan fingerprint density at radius 3 is 2.25 bits per heavy atom. The average Bonchev–Trinajstić information content (AvgIpc) is 2.47. The third kappa shape index (κ3) is 1.68. The van der Waals surface area contributed by atoms with E-state index < -0.39 is 22.7 Å². The number of rotatable bonds is 1. The molecule has 3 rings (SSSR count). The first-order chi connectivity index (χ1) is 9.59. The molecule has 100 valence electrons. The highest BCUT2D eigenvalue weighted by Gasteiger charge is 2.18. The summed E-state index contributed by atoms with van der Waals surface area (Å²) in [5.41, 5.74) is -0.334. The van der Waals surface area contributed by atoms with Gasteiger partial charge in [-0.15, -0.1) is 0 Å². The number of phenolic OH excluding ortho intramolecular Hbond substituents is 2. The molecule has 0 aliphatic heterocycles. The molecule has 0 spiro atoms. The summed E-state index contributed by atoms with van der Waals surface area (Å²) in [4.78, 5) is 12.1. The maximum absolute atomic E-state index is 12.1. The maximum atomic E-state index is 12.1. The normalized spacial score (nSPS) is 10.8. The van der Waals surface area contributed by atoms with Crippen LogP contribution in [-0.4, -0.2) is 15.3 Å². The summed E-state index contributed by atoms with van der Waals surface area (Å²) in [5, 5.41) is 29.2. The fraction of sp³-hybridized carbons (Fsp3) is 0. The summed E-state index contributed by atoms with van der Waals surface area (Å²) >= 11 is 0. The second-order valence-electron chi connectivity index (χ2n) is 4.28. The van der Waals surface area contributed by atoms with Crippen LogP contribution < -0.4 is 5.43 Å². The quantitative estimate of drug-likeness (QED) is 0.591. The topological polar surface area (TPSA) is 90.9 Å². The van der Waals surface area contributed by atoms with Gasteiger partial charge < -0.3 is 19.7 Å². The zero-order valence-electron chi connectivity index (χ0n) is 10.2. The minimum Gasteiger partial charge on any atom is -0.504 e. The fourth-order valence-corrected chi connectivity index (χ4v) is 2.01. The third-order valence-corrected chi connectivity index (χ3v) is 3.03. The van der Waals surface area contributed by atoms with Gasteiger partial charge in [-0.2, -0.15) is 0 Å². The SMILES string of the molecule is O=c1c(O)c(-c2ccccc2)oc2c(O)c(O)ccc12. The van der Waals surface area contributed by atoms with E-state index in [1.165, 1.54) is 6.07 Å². The van der Waals surface area contributed by atoms with Gasteiger partial charge in [0.15, 0.2) is 17.1 Å². The van der Waals surface area contributed by atoms with Crippen molar-refractivity contribution >= 4 is 11.0 Å². The Bertz CT molecular complexity index is 850. The average molecular weight is 270 g/mol. The van der Waals surface area contributed by atoms with E-state index in [2.05, 4.69) is 0 Å². The lowest BCUT2D eigenvalue weighted by Crippen LogP contribution is -2.02. The highest BCUT2D eigenvalue weighted by molar-refractivity contribution is 5.88. The van der Waals surface area contributed by atoms with Crippen molar-refractivity contribution in [3.05, 3.63) is 52.7 Å². The summed E-state index contributed by atoms with van der Waals surface area (Å²) < 4.78 is 5.41. The van der Waals surface area contributed by atoms with Crippen molar-refractivity contribution in [1.29, 1.82) is 0 Å². The molecule has 0 saturated heterocycles. The van der Waals surface area contributed by atoms with Crippen LogP contribution >= 0.6 is 0 Å². The standard InChI is InChI=1S/C15H10O5/c16-10-7-6-9-11(17)13(19)14(20-15(9)12(10)18)8-4-2-1-3-5-8/h1-7,16,18-19H. The Labute approximate surface area is 113 Å². The summed E-state index contributed by atoms with van der Waals surface area (Å²) in [7, 11) is 0. The van der Waals surface area contributed by atoms with Crippen LogP contribution in [0.25, 0.3) is 22.3 Å². The van der Waals surface area contributed by atoms with Crippen LogP contribution in [0.1, 0.15) is 0 Å². The number of phenols is 2. The molecular formula is C15H10O5. The molecule has 3 N–H and O–H groups in total. The molecule has 0 aliphatic carbocycles. The molecule has 5 heteroatoms. The molecule has 5 nitrogen and oxygen atoms in total. The lowest BCUT2D eigenvalue weighted by atomic mass is 10.1. The van der Waals surface area contributed by atoms with Crippen molar-refractivity contribution in [3.63, 3.8) is 0 Å². The van der Waals surface area contributed by atoms with Gasteiger partial charge in [0.1, 0.15) is 0 Å². The zero-order valence-corrected chi connectivity index (χ0v) is 10.2. The highest BCUT2D eigenvalue weighted by Crippen LogP contribution is 2.37.